The molecule has 1 N–H and O–H groups in total. The Balaban J connectivity index is 1.93. The van der Waals surface area contributed by atoms with Gasteiger partial charge in [-0.3, -0.25) is 0 Å². The summed E-state index contributed by atoms with van der Waals surface area (Å²) in [5, 5.41) is 10.6. The maximum atomic E-state index is 10.6. The van der Waals surface area contributed by atoms with Gasteiger partial charge in [0.05, 0.1) is 6.61 Å². The molecule has 0 fully saturated rings. The summed E-state index contributed by atoms with van der Waals surface area (Å²) in [7, 11) is 0. The molecule has 0 radical (unpaired) electrons. The SMILES string of the molecule is CC(C)c1ccc(C(O)c2cccc3c2OCC3)cc1. The number of para-hydroxylation sites is 1. The molecule has 2 aromatic carbocycles. The molecule has 2 nitrogen and oxygen atoms in total. The first-order chi connectivity index (χ1) is 9.66. The number of ether oxygens (including phenoxy) is 1. The predicted molar refractivity (Wildman–Crippen MR) is 80.2 cm³/mol. The molecule has 0 aromatic heterocycles. The van der Waals surface area contributed by atoms with Crippen LogP contribution in [0.15, 0.2) is 42.5 Å². The molecular weight excluding hydrogens is 248 g/mol. The van der Waals surface area contributed by atoms with Crippen molar-refractivity contribution in [2.75, 3.05) is 6.61 Å². The van der Waals surface area contributed by atoms with E-state index in [-0.39, 0.29) is 0 Å². The van der Waals surface area contributed by atoms with Crippen LogP contribution < -0.4 is 4.74 Å². The van der Waals surface area contributed by atoms with Gasteiger partial charge in [0.1, 0.15) is 11.9 Å². The van der Waals surface area contributed by atoms with Crippen LogP contribution >= 0.6 is 0 Å². The van der Waals surface area contributed by atoms with E-state index >= 15 is 0 Å². The summed E-state index contributed by atoms with van der Waals surface area (Å²) in [6.07, 6.45) is 0.312. The van der Waals surface area contributed by atoms with Gasteiger partial charge in [-0.2, -0.15) is 0 Å². The van der Waals surface area contributed by atoms with Gasteiger partial charge in [0.2, 0.25) is 0 Å². The van der Waals surface area contributed by atoms with Crippen LogP contribution in [0.5, 0.6) is 5.75 Å². The first-order valence-electron chi connectivity index (χ1n) is 7.19. The largest absolute Gasteiger partial charge is 0.493 e. The van der Waals surface area contributed by atoms with E-state index in [4.69, 9.17) is 4.74 Å². The summed E-state index contributed by atoms with van der Waals surface area (Å²) in [6.45, 7) is 5.05. The van der Waals surface area contributed by atoms with E-state index in [1.807, 2.05) is 24.3 Å². The minimum Gasteiger partial charge on any atom is -0.493 e. The summed E-state index contributed by atoms with van der Waals surface area (Å²) in [6, 6.07) is 14.2. The highest BCUT2D eigenvalue weighted by molar-refractivity contribution is 5.48. The first-order valence-corrected chi connectivity index (χ1v) is 7.19. The van der Waals surface area contributed by atoms with Gasteiger partial charge < -0.3 is 9.84 Å². The van der Waals surface area contributed by atoms with Gasteiger partial charge in [-0.25, -0.2) is 0 Å². The van der Waals surface area contributed by atoms with Gasteiger partial charge in [-0.05, 0) is 22.6 Å². The number of fused-ring (bicyclic) bond motifs is 1. The maximum absolute atomic E-state index is 10.6. The zero-order valence-electron chi connectivity index (χ0n) is 12.0. The molecular formula is C18H20O2. The predicted octanol–water partition coefficient (Wildman–Crippen LogP) is 3.83. The number of benzene rings is 2. The average Bonchev–Trinajstić information content (AvgIpc) is 2.95. The lowest BCUT2D eigenvalue weighted by atomic mass is 9.95. The van der Waals surface area contributed by atoms with Crippen molar-refractivity contribution in [3.05, 3.63) is 64.7 Å². The summed E-state index contributed by atoms with van der Waals surface area (Å²) >= 11 is 0. The molecule has 0 saturated heterocycles. The Morgan fingerprint density at radius 2 is 1.70 bits per heavy atom. The van der Waals surface area contributed by atoms with Gasteiger partial charge in [0.25, 0.3) is 0 Å². The summed E-state index contributed by atoms with van der Waals surface area (Å²) in [5.41, 5.74) is 4.27. The highest BCUT2D eigenvalue weighted by Gasteiger charge is 2.21. The van der Waals surface area contributed by atoms with Crippen LogP contribution in [0, 0.1) is 0 Å². The fraction of sp³-hybridized carbons (Fsp3) is 0.333. The molecule has 1 unspecified atom stereocenters. The highest BCUT2D eigenvalue weighted by atomic mass is 16.5. The molecule has 1 aliphatic heterocycles. The second kappa shape index (κ2) is 5.29. The van der Waals surface area contributed by atoms with Gasteiger partial charge >= 0.3 is 0 Å². The molecule has 1 heterocycles. The monoisotopic (exact) mass is 268 g/mol. The van der Waals surface area contributed by atoms with E-state index in [1.54, 1.807) is 0 Å². The Labute approximate surface area is 120 Å². The van der Waals surface area contributed by atoms with Crippen LogP contribution in [0.1, 0.15) is 48.1 Å². The molecule has 3 rings (SSSR count). The summed E-state index contributed by atoms with van der Waals surface area (Å²) in [5.74, 6) is 1.37. The van der Waals surface area contributed by atoms with Crippen LogP contribution in [-0.2, 0) is 6.42 Å². The lowest BCUT2D eigenvalue weighted by Crippen LogP contribution is -2.02. The Morgan fingerprint density at radius 1 is 1.00 bits per heavy atom. The lowest BCUT2D eigenvalue weighted by Gasteiger charge is -2.16. The Morgan fingerprint density at radius 3 is 2.40 bits per heavy atom. The zero-order valence-corrected chi connectivity index (χ0v) is 12.0. The van der Waals surface area contributed by atoms with Crippen molar-refractivity contribution in [1.82, 2.24) is 0 Å². The Hall–Kier alpha value is -1.80. The fourth-order valence-corrected chi connectivity index (χ4v) is 2.70. The number of aliphatic hydroxyl groups excluding tert-OH is 1. The van der Waals surface area contributed by atoms with E-state index in [2.05, 4.69) is 32.0 Å². The molecule has 0 spiro atoms. The third-order valence-electron chi connectivity index (χ3n) is 3.96. The standard InChI is InChI=1S/C18H20O2/c1-12(2)13-6-8-14(9-7-13)17(19)16-5-3-4-15-10-11-20-18(15)16/h3-9,12,17,19H,10-11H2,1-2H3. The topological polar surface area (TPSA) is 29.5 Å². The minimum absolute atomic E-state index is 0.505. The smallest absolute Gasteiger partial charge is 0.128 e. The minimum atomic E-state index is -0.621. The van der Waals surface area contributed by atoms with Crippen LogP contribution in [0.4, 0.5) is 0 Å². The molecule has 1 aliphatic rings. The molecule has 1 atom stereocenters. The molecule has 104 valence electrons. The first kappa shape index (κ1) is 13.2. The van der Waals surface area contributed by atoms with Gasteiger partial charge in [-0.1, -0.05) is 56.3 Å². The third-order valence-corrected chi connectivity index (χ3v) is 3.96. The molecule has 0 saturated carbocycles. The molecule has 20 heavy (non-hydrogen) atoms. The van der Waals surface area contributed by atoms with E-state index in [0.717, 1.165) is 23.3 Å². The van der Waals surface area contributed by atoms with Crippen molar-refractivity contribution in [2.45, 2.75) is 32.3 Å². The number of hydrogen-bond donors (Lipinski definition) is 1. The van der Waals surface area contributed by atoms with Crippen LogP contribution in [-0.4, -0.2) is 11.7 Å². The summed E-state index contributed by atoms with van der Waals surface area (Å²) in [4.78, 5) is 0. The summed E-state index contributed by atoms with van der Waals surface area (Å²) < 4.78 is 5.67. The van der Waals surface area contributed by atoms with E-state index < -0.39 is 6.10 Å². The van der Waals surface area contributed by atoms with Crippen LogP contribution in [0.25, 0.3) is 0 Å². The van der Waals surface area contributed by atoms with Crippen molar-refractivity contribution in [2.24, 2.45) is 0 Å². The van der Waals surface area contributed by atoms with Crippen LogP contribution in [0.2, 0.25) is 0 Å². The van der Waals surface area contributed by atoms with E-state index in [9.17, 15) is 5.11 Å². The van der Waals surface area contributed by atoms with Crippen molar-refractivity contribution in [3.8, 4) is 5.75 Å². The number of aliphatic hydroxyl groups is 1. The van der Waals surface area contributed by atoms with Crippen LogP contribution in [0.3, 0.4) is 0 Å². The zero-order chi connectivity index (χ0) is 14.1. The fourth-order valence-electron chi connectivity index (χ4n) is 2.70. The second-order valence-corrected chi connectivity index (χ2v) is 5.66. The molecule has 0 amide bonds. The van der Waals surface area contributed by atoms with Crippen molar-refractivity contribution in [3.63, 3.8) is 0 Å². The van der Waals surface area contributed by atoms with Gasteiger partial charge in [0.15, 0.2) is 0 Å². The molecule has 2 aromatic rings. The number of rotatable bonds is 3. The highest BCUT2D eigenvalue weighted by Crippen LogP contribution is 2.36. The molecule has 0 aliphatic carbocycles. The Bertz CT molecular complexity index is 599. The Kier molecular flexibility index (Phi) is 3.49. The average molecular weight is 268 g/mol. The normalized spacial score (nSPS) is 15.0. The second-order valence-electron chi connectivity index (χ2n) is 5.66. The van der Waals surface area contributed by atoms with Crippen molar-refractivity contribution < 1.29 is 9.84 Å². The quantitative estimate of drug-likeness (QED) is 0.916. The van der Waals surface area contributed by atoms with Gasteiger partial charge in [0, 0.05) is 12.0 Å². The van der Waals surface area contributed by atoms with E-state index in [1.165, 1.54) is 11.1 Å². The molecule has 2 heteroatoms. The van der Waals surface area contributed by atoms with Crippen molar-refractivity contribution in [1.29, 1.82) is 0 Å². The maximum Gasteiger partial charge on any atom is 0.128 e. The lowest BCUT2D eigenvalue weighted by molar-refractivity contribution is 0.213. The third kappa shape index (κ3) is 2.32. The molecule has 0 bridgehead atoms. The van der Waals surface area contributed by atoms with E-state index in [0.29, 0.717) is 12.5 Å². The van der Waals surface area contributed by atoms with Crippen molar-refractivity contribution >= 4 is 0 Å². The number of hydrogen-bond acceptors (Lipinski definition) is 2. The van der Waals surface area contributed by atoms with Gasteiger partial charge in [-0.15, -0.1) is 0 Å².